The molecule has 1 amide bonds. The van der Waals surface area contributed by atoms with Gasteiger partial charge in [-0.1, -0.05) is 17.2 Å². The molecule has 0 aliphatic rings. The smallest absolute Gasteiger partial charge is 0.322 e. The van der Waals surface area contributed by atoms with E-state index in [1.54, 1.807) is 13.2 Å². The molecule has 138 valence electrons. The van der Waals surface area contributed by atoms with Gasteiger partial charge in [0.25, 0.3) is 5.91 Å². The Morgan fingerprint density at radius 3 is 2.44 bits per heavy atom. The minimum atomic E-state index is -0.368. The molecule has 27 heavy (non-hydrogen) atoms. The normalized spacial score (nSPS) is 10.7. The van der Waals surface area contributed by atoms with Crippen LogP contribution in [-0.4, -0.2) is 29.8 Å². The zero-order valence-electron chi connectivity index (χ0n) is 15.0. The molecule has 0 saturated carbocycles. The van der Waals surface area contributed by atoms with E-state index >= 15 is 0 Å². The number of rotatable bonds is 7. The second-order valence-corrected chi connectivity index (χ2v) is 5.47. The van der Waals surface area contributed by atoms with Gasteiger partial charge in [-0.05, 0) is 55.0 Å². The average Bonchev–Trinajstić information content (AvgIpc) is 3.16. The summed E-state index contributed by atoms with van der Waals surface area (Å²) in [6.45, 7) is 2.52. The number of hydrogen-bond donors (Lipinski definition) is 1. The quantitative estimate of drug-likeness (QED) is 0.641. The number of carbonyl (C=O) groups excluding carboxylic acids is 1. The maximum atomic E-state index is 12.0. The van der Waals surface area contributed by atoms with Gasteiger partial charge in [0.05, 0.1) is 13.7 Å². The fourth-order valence-electron chi connectivity index (χ4n) is 2.28. The van der Waals surface area contributed by atoms with Crippen LogP contribution in [0, 0.1) is 0 Å². The maximum absolute atomic E-state index is 12.0. The van der Waals surface area contributed by atoms with Crippen molar-refractivity contribution in [3.63, 3.8) is 0 Å². The van der Waals surface area contributed by atoms with Gasteiger partial charge in [-0.3, -0.25) is 10.1 Å². The highest BCUT2D eigenvalue weighted by atomic mass is 16.5. The molecule has 7 nitrogen and oxygen atoms in total. The summed E-state index contributed by atoms with van der Waals surface area (Å²) in [6.07, 6.45) is 3.07. The Kier molecular flexibility index (Phi) is 5.84. The number of aromatic nitrogens is 2. The Balaban J connectivity index is 1.60. The Morgan fingerprint density at radius 1 is 1.07 bits per heavy atom. The SMILES string of the molecule is CCOc1ccc(-c2nnc(NC(=O)/C=C/c3ccc(OC)cc3)o2)cc1. The number of carbonyl (C=O) groups is 1. The molecule has 3 aromatic rings. The molecule has 0 saturated heterocycles. The first-order chi connectivity index (χ1) is 13.2. The number of ether oxygens (including phenoxy) is 2. The van der Waals surface area contributed by atoms with Crippen LogP contribution in [0.25, 0.3) is 17.5 Å². The van der Waals surface area contributed by atoms with Crippen molar-refractivity contribution in [3.05, 3.63) is 60.2 Å². The Morgan fingerprint density at radius 2 is 1.78 bits per heavy atom. The van der Waals surface area contributed by atoms with Crippen molar-refractivity contribution in [1.29, 1.82) is 0 Å². The topological polar surface area (TPSA) is 86.5 Å². The Labute approximate surface area is 156 Å². The maximum Gasteiger partial charge on any atom is 0.322 e. The van der Waals surface area contributed by atoms with Crippen molar-refractivity contribution in [3.8, 4) is 23.0 Å². The van der Waals surface area contributed by atoms with Gasteiger partial charge in [-0.2, -0.15) is 0 Å². The van der Waals surface area contributed by atoms with Crippen LogP contribution in [0.1, 0.15) is 12.5 Å². The summed E-state index contributed by atoms with van der Waals surface area (Å²) in [5.74, 6) is 1.46. The van der Waals surface area contributed by atoms with Gasteiger partial charge in [-0.25, -0.2) is 0 Å². The second kappa shape index (κ2) is 8.66. The fourth-order valence-corrected chi connectivity index (χ4v) is 2.28. The van der Waals surface area contributed by atoms with E-state index < -0.39 is 0 Å². The highest BCUT2D eigenvalue weighted by Crippen LogP contribution is 2.22. The lowest BCUT2D eigenvalue weighted by Gasteiger charge is -2.02. The minimum Gasteiger partial charge on any atom is -0.497 e. The van der Waals surface area contributed by atoms with Crippen LogP contribution in [0.2, 0.25) is 0 Å². The molecule has 3 rings (SSSR count). The van der Waals surface area contributed by atoms with E-state index in [0.29, 0.717) is 12.5 Å². The molecule has 7 heteroatoms. The van der Waals surface area contributed by atoms with Gasteiger partial charge in [0, 0.05) is 11.6 Å². The summed E-state index contributed by atoms with van der Waals surface area (Å²) in [7, 11) is 1.60. The monoisotopic (exact) mass is 365 g/mol. The number of hydrogen-bond acceptors (Lipinski definition) is 6. The third kappa shape index (κ3) is 4.94. The molecule has 1 N–H and O–H groups in total. The van der Waals surface area contributed by atoms with Crippen LogP contribution < -0.4 is 14.8 Å². The van der Waals surface area contributed by atoms with E-state index in [1.807, 2.05) is 55.5 Å². The highest BCUT2D eigenvalue weighted by Gasteiger charge is 2.10. The van der Waals surface area contributed by atoms with Crippen molar-refractivity contribution in [2.24, 2.45) is 0 Å². The lowest BCUT2D eigenvalue weighted by molar-refractivity contribution is -0.112. The molecular formula is C20H19N3O4. The zero-order chi connectivity index (χ0) is 19.1. The Hall–Kier alpha value is -3.61. The first kappa shape index (κ1) is 18.2. The van der Waals surface area contributed by atoms with Crippen molar-refractivity contribution < 1.29 is 18.7 Å². The van der Waals surface area contributed by atoms with Gasteiger partial charge in [0.2, 0.25) is 5.89 Å². The van der Waals surface area contributed by atoms with Gasteiger partial charge in [-0.15, -0.1) is 5.10 Å². The predicted molar refractivity (Wildman–Crippen MR) is 102 cm³/mol. The van der Waals surface area contributed by atoms with E-state index in [9.17, 15) is 4.79 Å². The molecule has 2 aromatic carbocycles. The largest absolute Gasteiger partial charge is 0.497 e. The fraction of sp³-hybridized carbons (Fsp3) is 0.150. The van der Waals surface area contributed by atoms with E-state index in [4.69, 9.17) is 13.9 Å². The van der Waals surface area contributed by atoms with Crippen molar-refractivity contribution >= 4 is 18.0 Å². The first-order valence-electron chi connectivity index (χ1n) is 8.38. The molecule has 0 atom stereocenters. The number of nitrogens with zero attached hydrogens (tertiary/aromatic N) is 2. The summed E-state index contributed by atoms with van der Waals surface area (Å²) in [6, 6.07) is 14.6. The number of nitrogens with one attached hydrogen (secondary N) is 1. The molecule has 0 aliphatic carbocycles. The zero-order valence-corrected chi connectivity index (χ0v) is 15.0. The number of anilines is 1. The number of amides is 1. The average molecular weight is 365 g/mol. The molecular weight excluding hydrogens is 346 g/mol. The molecule has 1 aromatic heterocycles. The van der Waals surface area contributed by atoms with Crippen LogP contribution in [-0.2, 0) is 4.79 Å². The van der Waals surface area contributed by atoms with Crippen LogP contribution in [0.15, 0.2) is 59.0 Å². The Bertz CT molecular complexity index is 915. The lowest BCUT2D eigenvalue weighted by atomic mass is 10.2. The number of methoxy groups -OCH3 is 1. The third-order valence-corrected chi connectivity index (χ3v) is 3.61. The van der Waals surface area contributed by atoms with Gasteiger partial charge in [0.15, 0.2) is 0 Å². The van der Waals surface area contributed by atoms with E-state index in [-0.39, 0.29) is 11.9 Å². The van der Waals surface area contributed by atoms with Crippen molar-refractivity contribution in [2.75, 3.05) is 19.0 Å². The highest BCUT2D eigenvalue weighted by molar-refractivity contribution is 6.00. The van der Waals surface area contributed by atoms with Crippen LogP contribution in [0.5, 0.6) is 11.5 Å². The summed E-state index contributed by atoms with van der Waals surface area (Å²) < 4.78 is 16.0. The van der Waals surface area contributed by atoms with Gasteiger partial charge in [0.1, 0.15) is 11.5 Å². The summed E-state index contributed by atoms with van der Waals surface area (Å²) in [5.41, 5.74) is 1.60. The minimum absolute atomic E-state index is 0.0308. The van der Waals surface area contributed by atoms with E-state index in [0.717, 1.165) is 22.6 Å². The molecule has 0 radical (unpaired) electrons. The van der Waals surface area contributed by atoms with Gasteiger partial charge >= 0.3 is 6.01 Å². The predicted octanol–water partition coefficient (Wildman–Crippen LogP) is 3.80. The molecule has 0 fully saturated rings. The summed E-state index contributed by atoms with van der Waals surface area (Å²) in [4.78, 5) is 12.0. The summed E-state index contributed by atoms with van der Waals surface area (Å²) >= 11 is 0. The van der Waals surface area contributed by atoms with Gasteiger partial charge < -0.3 is 13.9 Å². The second-order valence-electron chi connectivity index (χ2n) is 5.47. The number of benzene rings is 2. The van der Waals surface area contributed by atoms with E-state index in [1.165, 1.54) is 6.08 Å². The molecule has 0 unspecified atom stereocenters. The van der Waals surface area contributed by atoms with Crippen molar-refractivity contribution in [1.82, 2.24) is 10.2 Å². The third-order valence-electron chi connectivity index (χ3n) is 3.61. The standard InChI is InChI=1S/C20H19N3O4/c1-3-26-17-11-7-15(8-12-17)19-22-23-20(27-19)21-18(24)13-6-14-4-9-16(25-2)10-5-14/h4-13H,3H2,1-2H3,(H,21,23,24)/b13-6+. The molecule has 0 bridgehead atoms. The molecule has 0 aliphatic heterocycles. The van der Waals surface area contributed by atoms with Crippen LogP contribution in [0.3, 0.4) is 0 Å². The first-order valence-corrected chi connectivity index (χ1v) is 8.38. The lowest BCUT2D eigenvalue weighted by Crippen LogP contribution is -2.07. The van der Waals surface area contributed by atoms with Crippen LogP contribution in [0.4, 0.5) is 6.01 Å². The molecule has 0 spiro atoms. The molecule has 1 heterocycles. The van der Waals surface area contributed by atoms with E-state index in [2.05, 4.69) is 15.5 Å². The van der Waals surface area contributed by atoms with Crippen molar-refractivity contribution in [2.45, 2.75) is 6.92 Å². The van der Waals surface area contributed by atoms with Crippen LogP contribution >= 0.6 is 0 Å². The summed E-state index contributed by atoms with van der Waals surface area (Å²) in [5, 5.41) is 10.3.